The minimum atomic E-state index is -0.577. The third-order valence-electron chi connectivity index (χ3n) is 7.01. The fourth-order valence-electron chi connectivity index (χ4n) is 5.26. The number of hydrogen-bond donors (Lipinski definition) is 3. The number of nitrogens with zero attached hydrogens (tertiary/aromatic N) is 2. The first kappa shape index (κ1) is 27.5. The van der Waals surface area contributed by atoms with Gasteiger partial charge in [-0.15, -0.1) is 11.3 Å². The van der Waals surface area contributed by atoms with Gasteiger partial charge in [0.15, 0.2) is 0 Å². The number of benzene rings is 2. The topological polar surface area (TPSA) is 122 Å². The molecule has 6 rings (SSSR count). The zero-order valence-electron chi connectivity index (χ0n) is 23.5. The molecule has 0 spiro atoms. The van der Waals surface area contributed by atoms with Gasteiger partial charge in [0.25, 0.3) is 5.91 Å². The van der Waals surface area contributed by atoms with Crippen molar-refractivity contribution in [3.63, 3.8) is 0 Å². The summed E-state index contributed by atoms with van der Waals surface area (Å²) in [5.41, 5.74) is 1.18. The number of nitrogens with one attached hydrogen (secondary N) is 3. The predicted molar refractivity (Wildman–Crippen MR) is 162 cm³/mol. The highest BCUT2D eigenvalue weighted by Crippen LogP contribution is 2.46. The molecule has 0 radical (unpaired) electrons. The largest absolute Gasteiger partial charge is 0.457 e. The van der Waals surface area contributed by atoms with E-state index in [9.17, 15) is 14.4 Å². The summed E-state index contributed by atoms with van der Waals surface area (Å²) in [4.78, 5) is 46.1. The number of aromatic nitrogens is 1. The number of alkyl carbamates (subject to hydrolysis) is 1. The molecule has 10 nitrogen and oxygen atoms in total. The van der Waals surface area contributed by atoms with Crippen LogP contribution in [0.1, 0.15) is 49.7 Å². The van der Waals surface area contributed by atoms with Gasteiger partial charge in [-0.25, -0.2) is 14.6 Å². The number of hydrogen-bond acceptors (Lipinski definition) is 7. The highest BCUT2D eigenvalue weighted by molar-refractivity contribution is 7.21. The Labute approximate surface area is 247 Å². The van der Waals surface area contributed by atoms with E-state index in [1.54, 1.807) is 17.2 Å². The molecule has 2 aromatic heterocycles. The zero-order valence-corrected chi connectivity index (χ0v) is 24.3. The minimum Gasteiger partial charge on any atom is -0.457 e. The van der Waals surface area contributed by atoms with Crippen LogP contribution in [0, 0.1) is 0 Å². The molecule has 3 heterocycles. The van der Waals surface area contributed by atoms with Gasteiger partial charge in [0, 0.05) is 18.3 Å². The molecule has 1 aliphatic heterocycles. The van der Waals surface area contributed by atoms with Crippen LogP contribution in [-0.2, 0) is 4.74 Å². The maximum absolute atomic E-state index is 13.4. The monoisotopic (exact) mass is 585 g/mol. The van der Waals surface area contributed by atoms with Crippen LogP contribution in [0.4, 0.5) is 26.7 Å². The number of anilines is 3. The maximum atomic E-state index is 13.4. The number of rotatable bonds is 6. The first-order chi connectivity index (χ1) is 20.1. The van der Waals surface area contributed by atoms with Crippen molar-refractivity contribution in [2.75, 3.05) is 10.2 Å². The average Bonchev–Trinajstić information content (AvgIpc) is 3.54. The molecule has 0 saturated heterocycles. The van der Waals surface area contributed by atoms with Gasteiger partial charge < -0.3 is 25.4 Å². The Kier molecular flexibility index (Phi) is 7.19. The lowest BCUT2D eigenvalue weighted by atomic mass is 10.1. The van der Waals surface area contributed by atoms with E-state index < -0.39 is 11.7 Å². The summed E-state index contributed by atoms with van der Waals surface area (Å²) in [7, 11) is 0. The number of para-hydroxylation sites is 1. The Balaban J connectivity index is 1.18. The van der Waals surface area contributed by atoms with Crippen molar-refractivity contribution in [3.05, 3.63) is 71.7 Å². The van der Waals surface area contributed by atoms with Crippen LogP contribution in [0.2, 0.25) is 0 Å². The molecule has 1 aliphatic carbocycles. The summed E-state index contributed by atoms with van der Waals surface area (Å²) in [5.74, 6) is 1.09. The summed E-state index contributed by atoms with van der Waals surface area (Å²) < 4.78 is 11.2. The highest BCUT2D eigenvalue weighted by atomic mass is 32.1. The lowest BCUT2D eigenvalue weighted by Gasteiger charge is -2.28. The van der Waals surface area contributed by atoms with Crippen LogP contribution >= 0.6 is 11.3 Å². The van der Waals surface area contributed by atoms with Gasteiger partial charge >= 0.3 is 12.1 Å². The fraction of sp³-hybridized carbons (Fsp3) is 0.290. The molecule has 2 atom stereocenters. The summed E-state index contributed by atoms with van der Waals surface area (Å²) in [6.45, 7) is 5.45. The first-order valence-corrected chi connectivity index (χ1v) is 14.6. The van der Waals surface area contributed by atoms with Crippen LogP contribution in [0.5, 0.6) is 11.5 Å². The molecular formula is C31H31N5O5S. The summed E-state index contributed by atoms with van der Waals surface area (Å²) in [6, 6.07) is 17.9. The van der Waals surface area contributed by atoms with Gasteiger partial charge in [-0.1, -0.05) is 18.2 Å². The van der Waals surface area contributed by atoms with Crippen molar-refractivity contribution >= 4 is 56.6 Å². The maximum Gasteiger partial charge on any atom is 0.407 e. The zero-order chi connectivity index (χ0) is 29.4. The SMILES string of the molecule is CC(C)(C)OC(=O)NC1CCC(NC(=O)c2sc3nccc4c3c2NC(=O)N4c2ccc(Oc3ccccc3)cc2)C1. The standard InChI is InChI=1S/C31H31N5O5S/c1-31(2,3)41-30(39)34-19-10-9-18(17-19)33-27(37)26-25-24-23(15-16-32-28(24)42-26)36(29(38)35-25)20-11-13-22(14-12-20)40-21-7-5-4-6-8-21/h4-8,11-16,18-19H,9-10,17H2,1-3H3,(H,33,37)(H,34,39)(H,35,38). The van der Waals surface area contributed by atoms with Crippen LogP contribution < -0.4 is 25.6 Å². The van der Waals surface area contributed by atoms with E-state index in [1.807, 2.05) is 75.4 Å². The van der Waals surface area contributed by atoms with Crippen LogP contribution in [-0.4, -0.2) is 40.7 Å². The van der Waals surface area contributed by atoms with Crippen molar-refractivity contribution in [2.24, 2.45) is 0 Å². The molecule has 0 bridgehead atoms. The van der Waals surface area contributed by atoms with Gasteiger partial charge in [0.1, 0.15) is 26.8 Å². The summed E-state index contributed by atoms with van der Waals surface area (Å²) >= 11 is 1.24. The Morgan fingerprint density at radius 1 is 0.976 bits per heavy atom. The smallest absolute Gasteiger partial charge is 0.407 e. The summed E-state index contributed by atoms with van der Waals surface area (Å²) in [6.07, 6.45) is 3.23. The molecule has 3 N–H and O–H groups in total. The third-order valence-corrected chi connectivity index (χ3v) is 8.11. The molecule has 2 aliphatic rings. The molecule has 1 saturated carbocycles. The molecule has 216 valence electrons. The quantitative estimate of drug-likeness (QED) is 0.225. The molecule has 4 amide bonds. The van der Waals surface area contributed by atoms with Crippen molar-refractivity contribution < 1.29 is 23.9 Å². The minimum absolute atomic E-state index is 0.0862. The number of carbonyl (C=O) groups excluding carboxylic acids is 3. The Morgan fingerprint density at radius 3 is 2.38 bits per heavy atom. The second kappa shape index (κ2) is 11.0. The molecule has 42 heavy (non-hydrogen) atoms. The van der Waals surface area contributed by atoms with Crippen molar-refractivity contribution in [2.45, 2.75) is 57.7 Å². The van der Waals surface area contributed by atoms with Gasteiger partial charge in [-0.05, 0) is 82.5 Å². The van der Waals surface area contributed by atoms with E-state index in [-0.39, 0.29) is 24.0 Å². The Bertz CT molecular complexity index is 1650. The highest BCUT2D eigenvalue weighted by Gasteiger charge is 2.34. The van der Waals surface area contributed by atoms with Crippen molar-refractivity contribution in [1.82, 2.24) is 15.6 Å². The Morgan fingerprint density at radius 2 is 1.67 bits per heavy atom. The van der Waals surface area contributed by atoms with E-state index in [2.05, 4.69) is 20.9 Å². The van der Waals surface area contributed by atoms with Gasteiger partial charge in [-0.2, -0.15) is 0 Å². The molecule has 2 unspecified atom stereocenters. The number of carbonyl (C=O) groups is 3. The average molecular weight is 586 g/mol. The van der Waals surface area contributed by atoms with E-state index in [0.717, 1.165) is 18.6 Å². The molecule has 2 aromatic carbocycles. The fourth-order valence-corrected chi connectivity index (χ4v) is 6.28. The van der Waals surface area contributed by atoms with Crippen LogP contribution in [0.25, 0.3) is 10.2 Å². The number of ether oxygens (including phenoxy) is 2. The molecule has 1 fully saturated rings. The second-order valence-corrected chi connectivity index (χ2v) is 12.3. The van der Waals surface area contributed by atoms with Crippen molar-refractivity contribution in [1.29, 1.82) is 0 Å². The molecular weight excluding hydrogens is 554 g/mol. The predicted octanol–water partition coefficient (Wildman–Crippen LogP) is 6.95. The molecule has 4 aromatic rings. The second-order valence-electron chi connectivity index (χ2n) is 11.3. The van der Waals surface area contributed by atoms with Crippen LogP contribution in [0.3, 0.4) is 0 Å². The first-order valence-electron chi connectivity index (χ1n) is 13.8. The number of amides is 4. The third kappa shape index (κ3) is 5.73. The Hall–Kier alpha value is -4.64. The lowest BCUT2D eigenvalue weighted by Crippen LogP contribution is -2.40. The van der Waals surface area contributed by atoms with Crippen LogP contribution in [0.15, 0.2) is 66.9 Å². The number of urea groups is 1. The van der Waals surface area contributed by atoms with Crippen molar-refractivity contribution in [3.8, 4) is 11.5 Å². The normalized spacial score (nSPS) is 18.0. The number of thiophene rings is 1. The van der Waals surface area contributed by atoms with E-state index in [0.29, 0.717) is 44.3 Å². The lowest BCUT2D eigenvalue weighted by molar-refractivity contribution is 0.0505. The van der Waals surface area contributed by atoms with Gasteiger partial charge in [0.05, 0.1) is 22.4 Å². The van der Waals surface area contributed by atoms with E-state index in [1.165, 1.54) is 11.3 Å². The van der Waals surface area contributed by atoms with Gasteiger partial charge in [0.2, 0.25) is 0 Å². The summed E-state index contributed by atoms with van der Waals surface area (Å²) in [5, 5.41) is 9.62. The van der Waals surface area contributed by atoms with E-state index in [4.69, 9.17) is 9.47 Å². The van der Waals surface area contributed by atoms with E-state index >= 15 is 0 Å². The number of pyridine rings is 1. The van der Waals surface area contributed by atoms with Gasteiger partial charge in [-0.3, -0.25) is 9.69 Å². The molecule has 11 heteroatoms.